The lowest BCUT2D eigenvalue weighted by Crippen LogP contribution is -2.12. The van der Waals surface area contributed by atoms with Crippen molar-refractivity contribution in [1.82, 2.24) is 4.98 Å². The molecule has 0 spiro atoms. The van der Waals surface area contributed by atoms with Crippen molar-refractivity contribution in [1.29, 1.82) is 0 Å². The summed E-state index contributed by atoms with van der Waals surface area (Å²) in [5.41, 5.74) is 12.2. The van der Waals surface area contributed by atoms with E-state index in [9.17, 15) is 4.79 Å². The first-order chi connectivity index (χ1) is 14.0. The van der Waals surface area contributed by atoms with Crippen LogP contribution in [0.3, 0.4) is 0 Å². The first-order valence-electron chi connectivity index (χ1n) is 9.23. The lowest BCUT2D eigenvalue weighted by molar-refractivity contribution is 0.102. The maximum atomic E-state index is 12.5. The van der Waals surface area contributed by atoms with Crippen LogP contribution in [0.25, 0.3) is 5.70 Å². The van der Waals surface area contributed by atoms with Crippen LogP contribution in [0.15, 0.2) is 72.4 Å². The quantitative estimate of drug-likeness (QED) is 0.381. The molecule has 0 aliphatic heterocycles. The number of nitrogens with two attached hydrogens (primary N) is 1. The van der Waals surface area contributed by atoms with Gasteiger partial charge in [-0.25, -0.2) is 0 Å². The largest absolute Gasteiger partial charge is 0.398 e. The molecule has 148 valence electrons. The van der Waals surface area contributed by atoms with Gasteiger partial charge in [-0.3, -0.25) is 9.78 Å². The Bertz CT molecular complexity index is 1020. The van der Waals surface area contributed by atoms with Gasteiger partial charge in [0.05, 0.1) is 5.88 Å². The summed E-state index contributed by atoms with van der Waals surface area (Å²) in [5.74, 6) is 0.530. The number of anilines is 2. The van der Waals surface area contributed by atoms with Gasteiger partial charge in [0.15, 0.2) is 0 Å². The molecule has 1 heterocycles. The number of hydrogen-bond acceptors (Lipinski definition) is 5. The van der Waals surface area contributed by atoms with Crippen molar-refractivity contribution >= 4 is 34.7 Å². The van der Waals surface area contributed by atoms with E-state index in [2.05, 4.69) is 15.6 Å². The third-order valence-electron chi connectivity index (χ3n) is 4.33. The molecule has 0 saturated carbocycles. The van der Waals surface area contributed by atoms with Crippen molar-refractivity contribution in [2.24, 2.45) is 5.73 Å². The maximum absolute atomic E-state index is 12.5. The first kappa shape index (κ1) is 20.5. The fraction of sp³-hybridized carbons (Fsp3) is 0.130. The number of pyridine rings is 1. The molecule has 0 unspecified atom stereocenters. The molecule has 0 saturated heterocycles. The minimum atomic E-state index is -0.120. The Labute approximate surface area is 175 Å². The van der Waals surface area contributed by atoms with Crippen LogP contribution in [0.1, 0.15) is 27.0 Å². The van der Waals surface area contributed by atoms with E-state index in [0.717, 1.165) is 28.1 Å². The number of amides is 1. The molecule has 0 aliphatic carbocycles. The number of carbonyl (C=O) groups is 1. The molecule has 0 atom stereocenters. The lowest BCUT2D eigenvalue weighted by Gasteiger charge is -2.12. The molecule has 29 heavy (non-hydrogen) atoms. The van der Waals surface area contributed by atoms with Crippen molar-refractivity contribution < 1.29 is 4.79 Å². The summed E-state index contributed by atoms with van der Waals surface area (Å²) >= 11 is 1.56. The Hall–Kier alpha value is -3.25. The van der Waals surface area contributed by atoms with Crippen LogP contribution in [0.4, 0.5) is 11.4 Å². The molecule has 1 aromatic heterocycles. The molecule has 3 rings (SSSR count). The van der Waals surface area contributed by atoms with E-state index in [4.69, 9.17) is 5.73 Å². The van der Waals surface area contributed by atoms with Crippen LogP contribution < -0.4 is 16.4 Å². The molecule has 5 nitrogen and oxygen atoms in total. The van der Waals surface area contributed by atoms with E-state index >= 15 is 0 Å². The van der Waals surface area contributed by atoms with Crippen LogP contribution >= 0.6 is 11.8 Å². The Kier molecular flexibility index (Phi) is 6.92. The smallest absolute Gasteiger partial charge is 0.255 e. The van der Waals surface area contributed by atoms with Gasteiger partial charge in [0, 0.05) is 40.6 Å². The zero-order chi connectivity index (χ0) is 20.6. The number of thioether (sulfide) groups is 1. The van der Waals surface area contributed by atoms with Crippen LogP contribution in [-0.2, 0) is 0 Å². The van der Waals surface area contributed by atoms with Gasteiger partial charge in [-0.05, 0) is 61.2 Å². The fourth-order valence-corrected chi connectivity index (χ4v) is 3.37. The van der Waals surface area contributed by atoms with Crippen LogP contribution in [0.5, 0.6) is 0 Å². The number of aromatic nitrogens is 1. The van der Waals surface area contributed by atoms with E-state index in [1.54, 1.807) is 24.2 Å². The van der Waals surface area contributed by atoms with Crippen LogP contribution in [-0.4, -0.2) is 16.8 Å². The van der Waals surface area contributed by atoms with Gasteiger partial charge in [0.25, 0.3) is 5.91 Å². The Balaban J connectivity index is 1.60. The Morgan fingerprint density at radius 3 is 2.69 bits per heavy atom. The molecule has 4 N–H and O–H groups in total. The zero-order valence-corrected chi connectivity index (χ0v) is 17.3. The van der Waals surface area contributed by atoms with Crippen molar-refractivity contribution in [2.45, 2.75) is 13.8 Å². The Morgan fingerprint density at radius 1 is 1.10 bits per heavy atom. The summed E-state index contributed by atoms with van der Waals surface area (Å²) < 4.78 is 0. The highest BCUT2D eigenvalue weighted by Crippen LogP contribution is 2.22. The fourth-order valence-electron chi connectivity index (χ4n) is 2.73. The summed E-state index contributed by atoms with van der Waals surface area (Å²) in [6, 6.07) is 17.2. The second-order valence-corrected chi connectivity index (χ2v) is 7.51. The maximum Gasteiger partial charge on any atom is 0.255 e. The number of aryl methyl sites for hydroxylation is 2. The minimum absolute atomic E-state index is 0.120. The van der Waals surface area contributed by atoms with E-state index in [-0.39, 0.29) is 5.91 Å². The summed E-state index contributed by atoms with van der Waals surface area (Å²) in [5, 5.41) is 8.24. The predicted octanol–water partition coefficient (Wildman–Crippen LogP) is 5.01. The molecule has 6 heteroatoms. The monoisotopic (exact) mass is 404 g/mol. The summed E-state index contributed by atoms with van der Waals surface area (Å²) in [6.45, 7) is 4.00. The van der Waals surface area contributed by atoms with E-state index in [0.29, 0.717) is 17.1 Å². The number of benzene rings is 2. The number of hydrogen-bond donors (Lipinski definition) is 3. The Morgan fingerprint density at radius 2 is 1.93 bits per heavy atom. The van der Waals surface area contributed by atoms with Gasteiger partial charge < -0.3 is 16.4 Å². The van der Waals surface area contributed by atoms with Gasteiger partial charge in [0.2, 0.25) is 0 Å². The number of carbonyl (C=O) groups excluding carboxylic acids is 1. The third-order valence-corrected chi connectivity index (χ3v) is 5.06. The molecular weight excluding hydrogens is 380 g/mol. The molecule has 0 radical (unpaired) electrons. The highest BCUT2D eigenvalue weighted by molar-refractivity contribution is 8.02. The second kappa shape index (κ2) is 9.80. The minimum Gasteiger partial charge on any atom is -0.398 e. The van der Waals surface area contributed by atoms with Gasteiger partial charge in [-0.1, -0.05) is 23.8 Å². The van der Waals surface area contributed by atoms with Crippen molar-refractivity contribution in [3.05, 3.63) is 94.7 Å². The number of rotatable bonds is 7. The van der Waals surface area contributed by atoms with Gasteiger partial charge in [-0.15, -0.1) is 11.8 Å². The third kappa shape index (κ3) is 5.86. The van der Waals surface area contributed by atoms with Gasteiger partial charge in [0.1, 0.15) is 0 Å². The van der Waals surface area contributed by atoms with Crippen LogP contribution in [0.2, 0.25) is 0 Å². The van der Waals surface area contributed by atoms with E-state index in [1.165, 1.54) is 0 Å². The summed E-state index contributed by atoms with van der Waals surface area (Å²) in [6.07, 6.45) is 3.46. The van der Waals surface area contributed by atoms with Crippen molar-refractivity contribution in [3.63, 3.8) is 0 Å². The molecule has 0 fully saturated rings. The first-order valence-corrected chi connectivity index (χ1v) is 10.3. The molecule has 1 amide bonds. The van der Waals surface area contributed by atoms with E-state index in [1.807, 2.05) is 73.9 Å². The molecule has 0 bridgehead atoms. The number of nitrogens with one attached hydrogen (secondary N) is 2. The predicted molar refractivity (Wildman–Crippen MR) is 123 cm³/mol. The number of nitrogens with zero attached hydrogens (tertiary/aromatic N) is 1. The highest BCUT2D eigenvalue weighted by Gasteiger charge is 2.07. The second-order valence-electron chi connectivity index (χ2n) is 6.66. The van der Waals surface area contributed by atoms with Gasteiger partial charge >= 0.3 is 0 Å². The SMILES string of the molecule is Cc1cccc(C(=O)Nc2ccc(C)c(NCS/C=C(\N)c3cccnc3)c2)c1. The lowest BCUT2D eigenvalue weighted by atomic mass is 10.1. The topological polar surface area (TPSA) is 80.0 Å². The van der Waals surface area contributed by atoms with Crippen molar-refractivity contribution in [3.8, 4) is 0 Å². The van der Waals surface area contributed by atoms with Crippen molar-refractivity contribution in [2.75, 3.05) is 16.5 Å². The molecule has 2 aromatic carbocycles. The van der Waals surface area contributed by atoms with Gasteiger partial charge in [-0.2, -0.15) is 0 Å². The average molecular weight is 405 g/mol. The van der Waals surface area contributed by atoms with E-state index < -0.39 is 0 Å². The average Bonchev–Trinajstić information content (AvgIpc) is 2.73. The normalized spacial score (nSPS) is 11.2. The zero-order valence-electron chi connectivity index (χ0n) is 16.5. The van der Waals surface area contributed by atoms with Crippen LogP contribution in [0, 0.1) is 13.8 Å². The molecular formula is C23H24N4OS. The molecule has 0 aliphatic rings. The molecule has 3 aromatic rings. The summed E-state index contributed by atoms with van der Waals surface area (Å²) in [7, 11) is 0. The highest BCUT2D eigenvalue weighted by atomic mass is 32.2. The summed E-state index contributed by atoms with van der Waals surface area (Å²) in [4.78, 5) is 16.5. The standard InChI is InChI=1S/C23H24N4OS/c1-16-5-3-6-18(11-16)23(28)27-20-9-8-17(2)22(12-20)26-15-29-14-21(24)19-7-4-10-25-13-19/h3-14,26H,15,24H2,1-2H3,(H,27,28)/b21-14-.